The molecule has 0 radical (unpaired) electrons. The van der Waals surface area contributed by atoms with Crippen LogP contribution in [0.4, 0.5) is 26.3 Å². The van der Waals surface area contributed by atoms with E-state index in [1.54, 1.807) is 6.92 Å². The van der Waals surface area contributed by atoms with Gasteiger partial charge in [0.15, 0.2) is 0 Å². The van der Waals surface area contributed by atoms with Crippen LogP contribution in [0, 0.1) is 0 Å². The highest BCUT2D eigenvalue weighted by Crippen LogP contribution is 2.43. The molecule has 0 unspecified atom stereocenters. The van der Waals surface area contributed by atoms with E-state index in [0.29, 0.717) is 12.8 Å². The summed E-state index contributed by atoms with van der Waals surface area (Å²) in [5.74, 6) is -1.26. The molecule has 1 rings (SSSR count). The van der Waals surface area contributed by atoms with E-state index in [2.05, 4.69) is 4.74 Å². The van der Waals surface area contributed by atoms with Crippen molar-refractivity contribution >= 4 is 17.6 Å². The second-order valence-corrected chi connectivity index (χ2v) is 4.75. The Morgan fingerprint density at radius 3 is 1.91 bits per heavy atom. The predicted octanol–water partition coefficient (Wildman–Crippen LogP) is 5.33. The highest BCUT2D eigenvalue weighted by Gasteiger charge is 2.41. The topological polar surface area (TPSA) is 26.3 Å². The van der Waals surface area contributed by atoms with Gasteiger partial charge in [0.2, 0.25) is 0 Å². The number of esters is 1. The maximum atomic E-state index is 12.8. The minimum absolute atomic E-state index is 0.0966. The molecule has 2 nitrogen and oxygen atoms in total. The van der Waals surface area contributed by atoms with Crippen molar-refractivity contribution in [1.29, 1.82) is 0 Å². The molecule has 0 fully saturated rings. The fourth-order valence-corrected chi connectivity index (χ4v) is 1.87. The lowest BCUT2D eigenvalue weighted by Gasteiger charge is -2.16. The Morgan fingerprint density at radius 2 is 1.55 bits per heavy atom. The number of benzene rings is 1. The number of unbranched alkanes of at least 4 members (excludes halogenated alkanes) is 1. The van der Waals surface area contributed by atoms with Crippen LogP contribution >= 0.6 is 11.6 Å². The molecule has 0 aliphatic carbocycles. The summed E-state index contributed by atoms with van der Waals surface area (Å²) in [5, 5.41) is -1.50. The van der Waals surface area contributed by atoms with Crippen LogP contribution in [0.5, 0.6) is 0 Å². The van der Waals surface area contributed by atoms with Gasteiger partial charge in [-0.05, 0) is 18.6 Å². The predicted molar refractivity (Wildman–Crippen MR) is 66.6 cm³/mol. The monoisotopic (exact) mass is 348 g/mol. The maximum absolute atomic E-state index is 12.8. The van der Waals surface area contributed by atoms with Gasteiger partial charge in [-0.1, -0.05) is 24.9 Å². The Morgan fingerprint density at radius 1 is 1.09 bits per heavy atom. The van der Waals surface area contributed by atoms with E-state index in [-0.39, 0.29) is 18.7 Å². The van der Waals surface area contributed by atoms with E-state index in [1.165, 1.54) is 0 Å². The van der Waals surface area contributed by atoms with Crippen molar-refractivity contribution in [3.05, 3.63) is 33.8 Å². The third kappa shape index (κ3) is 4.53. The van der Waals surface area contributed by atoms with E-state index >= 15 is 0 Å². The van der Waals surface area contributed by atoms with Crippen molar-refractivity contribution < 1.29 is 35.9 Å². The lowest BCUT2D eigenvalue weighted by molar-refractivity contribution is -0.142. The van der Waals surface area contributed by atoms with E-state index in [1.807, 2.05) is 0 Å². The minimum atomic E-state index is -5.13. The van der Waals surface area contributed by atoms with E-state index in [0.717, 1.165) is 0 Å². The smallest absolute Gasteiger partial charge is 0.417 e. The van der Waals surface area contributed by atoms with Gasteiger partial charge in [0.05, 0.1) is 28.3 Å². The summed E-state index contributed by atoms with van der Waals surface area (Å²) in [6.07, 6.45) is -9.17. The van der Waals surface area contributed by atoms with Gasteiger partial charge in [-0.3, -0.25) is 0 Å². The third-order valence-electron chi connectivity index (χ3n) is 2.65. The molecule has 0 saturated heterocycles. The number of carbonyl (C=O) groups excluding carboxylic acids is 1. The van der Waals surface area contributed by atoms with E-state index in [4.69, 9.17) is 11.6 Å². The van der Waals surface area contributed by atoms with Gasteiger partial charge < -0.3 is 4.74 Å². The molecule has 0 spiro atoms. The molecule has 0 N–H and O–H groups in total. The average molecular weight is 349 g/mol. The first kappa shape index (κ1) is 18.6. The molecule has 0 amide bonds. The number of hydrogen-bond acceptors (Lipinski definition) is 2. The van der Waals surface area contributed by atoms with Crippen molar-refractivity contribution in [2.45, 2.75) is 32.1 Å². The maximum Gasteiger partial charge on any atom is 0.417 e. The summed E-state index contributed by atoms with van der Waals surface area (Å²) in [7, 11) is 0. The number of hydrogen-bond donors (Lipinski definition) is 0. The zero-order valence-corrected chi connectivity index (χ0v) is 12.0. The van der Waals surface area contributed by atoms with Crippen molar-refractivity contribution in [2.75, 3.05) is 6.61 Å². The molecule has 1 aromatic rings. The van der Waals surface area contributed by atoms with Crippen molar-refractivity contribution in [1.82, 2.24) is 0 Å². The summed E-state index contributed by atoms with van der Waals surface area (Å²) < 4.78 is 81.2. The molecule has 0 bridgehead atoms. The SMILES string of the molecule is CCCCOC(=O)c1cc(C(F)(F)F)c(Cl)c(C(F)(F)F)c1. The highest BCUT2D eigenvalue weighted by atomic mass is 35.5. The second kappa shape index (κ2) is 6.76. The lowest BCUT2D eigenvalue weighted by atomic mass is 10.0. The molecule has 0 saturated carbocycles. The van der Waals surface area contributed by atoms with Gasteiger partial charge in [0, 0.05) is 0 Å². The Hall–Kier alpha value is -1.44. The Labute approximate surface area is 127 Å². The molecule has 9 heteroatoms. The Balaban J connectivity index is 3.32. The third-order valence-corrected chi connectivity index (χ3v) is 3.06. The molecule has 0 aromatic heterocycles. The number of rotatable bonds is 4. The normalized spacial score (nSPS) is 12.4. The van der Waals surface area contributed by atoms with Gasteiger partial charge in [-0.25, -0.2) is 4.79 Å². The Kier molecular flexibility index (Phi) is 5.72. The summed E-state index contributed by atoms with van der Waals surface area (Å²) in [6.45, 7) is 1.68. The van der Waals surface area contributed by atoms with Crippen molar-refractivity contribution in [3.63, 3.8) is 0 Å². The summed E-state index contributed by atoms with van der Waals surface area (Å²) in [6, 6.07) is 0.512. The van der Waals surface area contributed by atoms with Gasteiger partial charge in [-0.2, -0.15) is 26.3 Å². The summed E-state index contributed by atoms with van der Waals surface area (Å²) in [5.41, 5.74) is -4.31. The number of carbonyl (C=O) groups is 1. The van der Waals surface area contributed by atoms with Crippen LogP contribution < -0.4 is 0 Å². The fraction of sp³-hybridized carbons (Fsp3) is 0.462. The first-order chi connectivity index (χ1) is 9.98. The number of halogens is 7. The van der Waals surface area contributed by atoms with Crippen molar-refractivity contribution in [3.8, 4) is 0 Å². The minimum Gasteiger partial charge on any atom is -0.462 e. The van der Waals surface area contributed by atoms with E-state index < -0.39 is 40.0 Å². The van der Waals surface area contributed by atoms with Crippen LogP contribution in [0.1, 0.15) is 41.3 Å². The molecule has 0 atom stereocenters. The van der Waals surface area contributed by atoms with Crippen LogP contribution in [-0.2, 0) is 17.1 Å². The zero-order chi connectivity index (χ0) is 17.1. The largest absolute Gasteiger partial charge is 0.462 e. The first-order valence-electron chi connectivity index (χ1n) is 6.13. The standard InChI is InChI=1S/C13H11ClF6O2/c1-2-3-4-22-11(21)7-5-8(12(15,16)17)10(14)9(6-7)13(18,19)20/h5-6H,2-4H2,1H3. The number of alkyl halides is 6. The lowest BCUT2D eigenvalue weighted by Crippen LogP contribution is -2.16. The quantitative estimate of drug-likeness (QED) is 0.417. The van der Waals surface area contributed by atoms with Gasteiger partial charge in [-0.15, -0.1) is 0 Å². The van der Waals surface area contributed by atoms with Crippen molar-refractivity contribution in [2.24, 2.45) is 0 Å². The summed E-state index contributed by atoms with van der Waals surface area (Å²) >= 11 is 5.19. The van der Waals surface area contributed by atoms with Crippen LogP contribution in [-0.4, -0.2) is 12.6 Å². The number of ether oxygens (including phenoxy) is 1. The van der Waals surface area contributed by atoms with Crippen LogP contribution in [0.2, 0.25) is 5.02 Å². The molecule has 0 aliphatic heterocycles. The van der Waals surface area contributed by atoms with Crippen LogP contribution in [0.25, 0.3) is 0 Å². The highest BCUT2D eigenvalue weighted by molar-refractivity contribution is 6.32. The molecule has 0 heterocycles. The molecule has 1 aromatic carbocycles. The van der Waals surface area contributed by atoms with Gasteiger partial charge in [0.1, 0.15) is 0 Å². The zero-order valence-electron chi connectivity index (χ0n) is 11.2. The average Bonchev–Trinajstić information content (AvgIpc) is 2.36. The first-order valence-corrected chi connectivity index (χ1v) is 6.51. The van der Waals surface area contributed by atoms with Crippen LogP contribution in [0.15, 0.2) is 12.1 Å². The summed E-state index contributed by atoms with van der Waals surface area (Å²) in [4.78, 5) is 11.6. The Bertz CT molecular complexity index is 515. The van der Waals surface area contributed by atoms with Gasteiger partial charge in [0.25, 0.3) is 0 Å². The van der Waals surface area contributed by atoms with Crippen LogP contribution in [0.3, 0.4) is 0 Å². The second-order valence-electron chi connectivity index (χ2n) is 4.37. The molecular weight excluding hydrogens is 338 g/mol. The molecule has 0 aliphatic rings. The molecule has 124 valence electrons. The molecular formula is C13H11ClF6O2. The molecule has 22 heavy (non-hydrogen) atoms. The van der Waals surface area contributed by atoms with Gasteiger partial charge >= 0.3 is 18.3 Å². The van der Waals surface area contributed by atoms with E-state index in [9.17, 15) is 31.1 Å². The fourth-order valence-electron chi connectivity index (χ4n) is 1.55.